The van der Waals surface area contributed by atoms with Crippen molar-refractivity contribution < 1.29 is 14.3 Å². The van der Waals surface area contributed by atoms with E-state index in [1.165, 1.54) is 7.11 Å². The van der Waals surface area contributed by atoms with Crippen molar-refractivity contribution in [2.24, 2.45) is 5.73 Å². The number of rotatable bonds is 8. The zero-order valence-corrected chi connectivity index (χ0v) is 9.44. The summed E-state index contributed by atoms with van der Waals surface area (Å²) in [5.74, 6) is -0.128. The van der Waals surface area contributed by atoms with Gasteiger partial charge in [0, 0.05) is 33.9 Å². The van der Waals surface area contributed by atoms with Crippen LogP contribution in [0.4, 0.5) is 0 Å². The van der Waals surface area contributed by atoms with Gasteiger partial charge in [-0.2, -0.15) is 0 Å². The molecular formula is C10H20N2O3. The van der Waals surface area contributed by atoms with E-state index < -0.39 is 6.10 Å². The molecule has 0 saturated carbocycles. The molecule has 5 heteroatoms. The number of amides is 1. The van der Waals surface area contributed by atoms with Gasteiger partial charge < -0.3 is 20.1 Å². The molecule has 0 aromatic heterocycles. The molecule has 0 rings (SSSR count). The van der Waals surface area contributed by atoms with Gasteiger partial charge in [-0.1, -0.05) is 6.08 Å². The van der Waals surface area contributed by atoms with E-state index in [1.807, 2.05) is 0 Å². The van der Waals surface area contributed by atoms with E-state index in [2.05, 4.69) is 6.58 Å². The van der Waals surface area contributed by atoms with Crippen molar-refractivity contribution in [3.63, 3.8) is 0 Å². The van der Waals surface area contributed by atoms with E-state index in [-0.39, 0.29) is 12.5 Å². The van der Waals surface area contributed by atoms with Crippen molar-refractivity contribution >= 4 is 5.91 Å². The summed E-state index contributed by atoms with van der Waals surface area (Å²) in [5.41, 5.74) is 5.42. The first-order chi connectivity index (χ1) is 7.21. The van der Waals surface area contributed by atoms with Crippen molar-refractivity contribution in [3.05, 3.63) is 12.7 Å². The molecule has 0 aliphatic heterocycles. The fourth-order valence-electron chi connectivity index (χ4n) is 1.15. The fourth-order valence-corrected chi connectivity index (χ4v) is 1.15. The number of hydrogen-bond donors (Lipinski definition) is 1. The van der Waals surface area contributed by atoms with Gasteiger partial charge in [0.05, 0.1) is 6.61 Å². The Morgan fingerprint density at radius 3 is 2.67 bits per heavy atom. The second-order valence-electron chi connectivity index (χ2n) is 3.03. The van der Waals surface area contributed by atoms with Gasteiger partial charge in [0.25, 0.3) is 5.91 Å². The van der Waals surface area contributed by atoms with Crippen LogP contribution in [0.1, 0.15) is 0 Å². The maximum atomic E-state index is 11.8. The van der Waals surface area contributed by atoms with Gasteiger partial charge in [-0.3, -0.25) is 4.79 Å². The van der Waals surface area contributed by atoms with E-state index in [1.54, 1.807) is 18.1 Å². The monoisotopic (exact) mass is 216 g/mol. The van der Waals surface area contributed by atoms with Crippen molar-refractivity contribution in [1.29, 1.82) is 0 Å². The van der Waals surface area contributed by atoms with Gasteiger partial charge >= 0.3 is 0 Å². The highest BCUT2D eigenvalue weighted by atomic mass is 16.5. The van der Waals surface area contributed by atoms with Gasteiger partial charge in [-0.15, -0.1) is 6.58 Å². The summed E-state index contributed by atoms with van der Waals surface area (Å²) in [6.45, 7) is 5.25. The molecule has 0 aliphatic rings. The first kappa shape index (κ1) is 14.1. The van der Waals surface area contributed by atoms with Gasteiger partial charge in [0.1, 0.15) is 6.10 Å². The summed E-state index contributed by atoms with van der Waals surface area (Å²) < 4.78 is 9.89. The summed E-state index contributed by atoms with van der Waals surface area (Å²) in [7, 11) is 3.06. The standard InChI is InChI=1S/C10H20N2O3/c1-4-5-12(6-7-14-2)10(13)9(8-11)15-3/h4,9H,1,5-8,11H2,2-3H3. The lowest BCUT2D eigenvalue weighted by molar-refractivity contribution is -0.141. The molecule has 0 aromatic carbocycles. The number of ether oxygens (including phenoxy) is 2. The van der Waals surface area contributed by atoms with Crippen LogP contribution < -0.4 is 5.73 Å². The Labute approximate surface area is 90.8 Å². The Morgan fingerprint density at radius 1 is 1.60 bits per heavy atom. The summed E-state index contributed by atoms with van der Waals surface area (Å²) in [6, 6.07) is 0. The molecule has 0 saturated heterocycles. The quantitative estimate of drug-likeness (QED) is 0.562. The second kappa shape index (κ2) is 8.40. The number of nitrogens with zero attached hydrogens (tertiary/aromatic N) is 1. The molecular weight excluding hydrogens is 196 g/mol. The van der Waals surface area contributed by atoms with Gasteiger partial charge in [-0.05, 0) is 0 Å². The van der Waals surface area contributed by atoms with E-state index >= 15 is 0 Å². The minimum absolute atomic E-state index is 0.128. The number of nitrogens with two attached hydrogens (primary N) is 1. The van der Waals surface area contributed by atoms with Gasteiger partial charge in [-0.25, -0.2) is 0 Å². The number of methoxy groups -OCH3 is 2. The summed E-state index contributed by atoms with van der Waals surface area (Å²) in [5, 5.41) is 0. The lowest BCUT2D eigenvalue weighted by atomic mass is 10.3. The van der Waals surface area contributed by atoms with Crippen LogP contribution in [0.25, 0.3) is 0 Å². The maximum absolute atomic E-state index is 11.8. The molecule has 1 unspecified atom stereocenters. The Bertz CT molecular complexity index is 193. The van der Waals surface area contributed by atoms with E-state index in [0.29, 0.717) is 19.7 Å². The minimum Gasteiger partial charge on any atom is -0.383 e. The van der Waals surface area contributed by atoms with Crippen LogP contribution in [0.5, 0.6) is 0 Å². The third-order valence-corrected chi connectivity index (χ3v) is 2.00. The van der Waals surface area contributed by atoms with Crippen LogP contribution in [0, 0.1) is 0 Å². The number of hydrogen-bond acceptors (Lipinski definition) is 4. The van der Waals surface area contributed by atoms with Crippen LogP contribution in [0.2, 0.25) is 0 Å². The Kier molecular flexibility index (Phi) is 7.89. The van der Waals surface area contributed by atoms with E-state index in [4.69, 9.17) is 15.2 Å². The molecule has 0 aromatic rings. The lowest BCUT2D eigenvalue weighted by Crippen LogP contribution is -2.45. The molecule has 88 valence electrons. The SMILES string of the molecule is C=CCN(CCOC)C(=O)C(CN)OC. The average Bonchev–Trinajstić information content (AvgIpc) is 2.25. The zero-order chi connectivity index (χ0) is 11.7. The third-order valence-electron chi connectivity index (χ3n) is 2.00. The minimum atomic E-state index is -0.582. The largest absolute Gasteiger partial charge is 0.383 e. The molecule has 1 atom stereocenters. The smallest absolute Gasteiger partial charge is 0.253 e. The molecule has 0 fully saturated rings. The maximum Gasteiger partial charge on any atom is 0.253 e. The van der Waals surface area contributed by atoms with Crippen LogP contribution in [-0.2, 0) is 14.3 Å². The summed E-state index contributed by atoms with van der Waals surface area (Å²) >= 11 is 0. The third kappa shape index (κ3) is 4.92. The summed E-state index contributed by atoms with van der Waals surface area (Å²) in [4.78, 5) is 13.4. The van der Waals surface area contributed by atoms with Gasteiger partial charge in [0.15, 0.2) is 0 Å². The van der Waals surface area contributed by atoms with Crippen molar-refractivity contribution in [2.45, 2.75) is 6.10 Å². The molecule has 0 radical (unpaired) electrons. The number of carbonyl (C=O) groups is 1. The Morgan fingerprint density at radius 2 is 2.27 bits per heavy atom. The predicted octanol–water partition coefficient (Wildman–Crippen LogP) is -0.379. The molecule has 15 heavy (non-hydrogen) atoms. The van der Waals surface area contributed by atoms with Crippen LogP contribution in [-0.4, -0.2) is 57.4 Å². The van der Waals surface area contributed by atoms with E-state index in [9.17, 15) is 4.79 Å². The summed E-state index contributed by atoms with van der Waals surface area (Å²) in [6.07, 6.45) is 1.08. The molecule has 0 spiro atoms. The predicted molar refractivity (Wildman–Crippen MR) is 58.5 cm³/mol. The van der Waals surface area contributed by atoms with Crippen LogP contribution in [0.15, 0.2) is 12.7 Å². The van der Waals surface area contributed by atoms with Gasteiger partial charge in [0.2, 0.25) is 0 Å². The molecule has 0 aliphatic carbocycles. The Hall–Kier alpha value is -0.910. The first-order valence-corrected chi connectivity index (χ1v) is 4.82. The van der Waals surface area contributed by atoms with E-state index in [0.717, 1.165) is 0 Å². The van der Waals surface area contributed by atoms with Crippen LogP contribution in [0.3, 0.4) is 0 Å². The van der Waals surface area contributed by atoms with Crippen molar-refractivity contribution in [3.8, 4) is 0 Å². The Balaban J connectivity index is 4.31. The molecule has 2 N–H and O–H groups in total. The fraction of sp³-hybridized carbons (Fsp3) is 0.700. The molecule has 1 amide bonds. The number of carbonyl (C=O) groups excluding carboxylic acids is 1. The average molecular weight is 216 g/mol. The first-order valence-electron chi connectivity index (χ1n) is 4.82. The van der Waals surface area contributed by atoms with Crippen molar-refractivity contribution in [2.75, 3.05) is 40.5 Å². The molecule has 5 nitrogen and oxygen atoms in total. The molecule has 0 heterocycles. The highest BCUT2D eigenvalue weighted by molar-refractivity contribution is 5.81. The highest BCUT2D eigenvalue weighted by Gasteiger charge is 2.21. The normalized spacial score (nSPS) is 12.2. The lowest BCUT2D eigenvalue weighted by Gasteiger charge is -2.24. The van der Waals surface area contributed by atoms with Crippen LogP contribution >= 0.6 is 0 Å². The topological polar surface area (TPSA) is 64.8 Å². The molecule has 0 bridgehead atoms. The van der Waals surface area contributed by atoms with Crippen molar-refractivity contribution in [1.82, 2.24) is 4.90 Å². The second-order valence-corrected chi connectivity index (χ2v) is 3.03. The highest BCUT2D eigenvalue weighted by Crippen LogP contribution is 1.98. The zero-order valence-electron chi connectivity index (χ0n) is 9.44.